The lowest BCUT2D eigenvalue weighted by Gasteiger charge is -2.00. The Bertz CT molecular complexity index is 838. The Labute approximate surface area is 154 Å². The van der Waals surface area contributed by atoms with Crippen molar-refractivity contribution in [1.29, 1.82) is 0 Å². The molecule has 2 rings (SSSR count). The second kappa shape index (κ2) is 10.4. The Morgan fingerprint density at radius 1 is 0.846 bits per heavy atom. The van der Waals surface area contributed by atoms with E-state index in [2.05, 4.69) is 0 Å². The van der Waals surface area contributed by atoms with Gasteiger partial charge in [0.25, 0.3) is 0 Å². The third kappa shape index (κ3) is 6.69. The summed E-state index contributed by atoms with van der Waals surface area (Å²) in [5, 5.41) is 0. The second-order valence-electron chi connectivity index (χ2n) is 5.64. The number of hydrogen-bond donors (Lipinski definition) is 0. The number of rotatable bonds is 9. The monoisotopic (exact) mass is 370 g/mol. The van der Waals surface area contributed by atoms with Crippen LogP contribution in [0.25, 0.3) is 0 Å². The number of carbonyl (C=O) groups excluding carboxylic acids is 1. The number of esters is 1. The van der Waals surface area contributed by atoms with Crippen LogP contribution in [0.1, 0.15) is 29.6 Å². The molecule has 0 atom stereocenters. The van der Waals surface area contributed by atoms with E-state index < -0.39 is 9.84 Å². The van der Waals surface area contributed by atoms with Crippen LogP contribution in [0.15, 0.2) is 90.0 Å². The van der Waals surface area contributed by atoms with Crippen LogP contribution in [-0.4, -0.2) is 20.1 Å². The summed E-state index contributed by atoms with van der Waals surface area (Å²) in [7, 11) is -3.26. The van der Waals surface area contributed by atoms with Gasteiger partial charge in [0.15, 0.2) is 9.84 Å². The summed E-state index contributed by atoms with van der Waals surface area (Å²) in [4.78, 5) is 12.0. The van der Waals surface area contributed by atoms with Crippen LogP contribution in [0, 0.1) is 0 Å². The lowest BCUT2D eigenvalue weighted by molar-refractivity contribution is 0.0662. The van der Waals surface area contributed by atoms with Crippen molar-refractivity contribution < 1.29 is 17.9 Å². The summed E-state index contributed by atoms with van der Waals surface area (Å²) < 4.78 is 29.2. The Kier molecular flexibility index (Phi) is 7.83. The zero-order valence-electron chi connectivity index (χ0n) is 14.5. The van der Waals surface area contributed by atoms with Crippen LogP contribution < -0.4 is 0 Å². The number of sulfone groups is 1. The van der Waals surface area contributed by atoms with E-state index in [1.54, 1.807) is 66.7 Å². The zero-order valence-corrected chi connectivity index (χ0v) is 15.3. The lowest BCUT2D eigenvalue weighted by Crippen LogP contribution is -2.04. The van der Waals surface area contributed by atoms with Crippen molar-refractivity contribution in [3.05, 3.63) is 90.7 Å². The third-order valence-electron chi connectivity index (χ3n) is 3.61. The van der Waals surface area contributed by atoms with Crippen molar-refractivity contribution in [2.75, 3.05) is 5.75 Å². The topological polar surface area (TPSA) is 60.4 Å². The number of carbonyl (C=O) groups is 1. The first-order chi connectivity index (χ1) is 12.6. The first-order valence-electron chi connectivity index (χ1n) is 8.43. The van der Waals surface area contributed by atoms with Crippen LogP contribution in [-0.2, 0) is 14.6 Å². The van der Waals surface area contributed by atoms with Gasteiger partial charge >= 0.3 is 5.97 Å². The predicted octanol–water partition coefficient (Wildman–Crippen LogP) is 4.56. The van der Waals surface area contributed by atoms with Gasteiger partial charge in [-0.05, 0) is 49.6 Å². The van der Waals surface area contributed by atoms with E-state index in [0.717, 1.165) is 19.3 Å². The summed E-state index contributed by atoms with van der Waals surface area (Å²) in [5.74, 6) is -0.380. The van der Waals surface area contributed by atoms with Gasteiger partial charge in [0.2, 0.25) is 0 Å². The Balaban J connectivity index is 1.63. The number of hydrogen-bond acceptors (Lipinski definition) is 4. The maximum atomic E-state index is 12.1. The Hall–Kier alpha value is -2.66. The van der Waals surface area contributed by atoms with Gasteiger partial charge in [-0.25, -0.2) is 13.2 Å². The Morgan fingerprint density at radius 2 is 1.46 bits per heavy atom. The first kappa shape index (κ1) is 19.7. The molecule has 5 heteroatoms. The Morgan fingerprint density at radius 3 is 2.15 bits per heavy atom. The molecule has 0 spiro atoms. The van der Waals surface area contributed by atoms with Crippen LogP contribution in [0.3, 0.4) is 0 Å². The van der Waals surface area contributed by atoms with Crippen LogP contribution in [0.2, 0.25) is 0 Å². The first-order valence-corrected chi connectivity index (χ1v) is 10.1. The normalized spacial score (nSPS) is 11.8. The summed E-state index contributed by atoms with van der Waals surface area (Å²) in [6.07, 6.45) is 9.10. The minimum absolute atomic E-state index is 0.00153. The molecule has 26 heavy (non-hydrogen) atoms. The quantitative estimate of drug-likeness (QED) is 0.281. The zero-order chi connectivity index (χ0) is 18.7. The summed E-state index contributed by atoms with van der Waals surface area (Å²) in [5.41, 5.74) is 0.514. The van der Waals surface area contributed by atoms with Gasteiger partial charge in [-0.15, -0.1) is 0 Å². The highest BCUT2D eigenvalue weighted by atomic mass is 32.2. The van der Waals surface area contributed by atoms with Gasteiger partial charge in [-0.1, -0.05) is 48.6 Å². The van der Waals surface area contributed by atoms with Crippen molar-refractivity contribution in [2.45, 2.75) is 24.2 Å². The fourth-order valence-corrected chi connectivity index (χ4v) is 3.36. The highest BCUT2D eigenvalue weighted by Crippen LogP contribution is 2.10. The highest BCUT2D eigenvalue weighted by Gasteiger charge is 2.10. The molecule has 4 nitrogen and oxygen atoms in total. The number of unbranched alkanes of at least 4 members (excludes halogenated alkanes) is 2. The van der Waals surface area contributed by atoms with Crippen molar-refractivity contribution in [2.24, 2.45) is 0 Å². The van der Waals surface area contributed by atoms with Crippen molar-refractivity contribution >= 4 is 15.8 Å². The number of allylic oxidation sites excluding steroid dienone is 2. The van der Waals surface area contributed by atoms with Gasteiger partial charge in [0.1, 0.15) is 0 Å². The second-order valence-corrected chi connectivity index (χ2v) is 7.67. The van der Waals surface area contributed by atoms with Crippen LogP contribution in [0.5, 0.6) is 0 Å². The summed E-state index contributed by atoms with van der Waals surface area (Å²) >= 11 is 0. The largest absolute Gasteiger partial charge is 0.431 e. The molecule has 0 radical (unpaired) electrons. The fourth-order valence-electron chi connectivity index (χ4n) is 2.21. The van der Waals surface area contributed by atoms with E-state index in [1.165, 1.54) is 6.26 Å². The smallest absolute Gasteiger partial charge is 0.342 e. The van der Waals surface area contributed by atoms with Gasteiger partial charge < -0.3 is 4.74 Å². The molecule has 0 aromatic heterocycles. The molecule has 0 aliphatic carbocycles. The lowest BCUT2D eigenvalue weighted by atomic mass is 10.2. The van der Waals surface area contributed by atoms with E-state index in [9.17, 15) is 13.2 Å². The molecule has 0 heterocycles. The van der Waals surface area contributed by atoms with E-state index >= 15 is 0 Å². The highest BCUT2D eigenvalue weighted by molar-refractivity contribution is 7.91. The molecular formula is C21H22O4S. The average molecular weight is 370 g/mol. The van der Waals surface area contributed by atoms with E-state index in [1.807, 2.05) is 12.1 Å². The summed E-state index contributed by atoms with van der Waals surface area (Å²) in [6, 6.07) is 17.2. The molecule has 0 aliphatic rings. The van der Waals surface area contributed by atoms with Crippen molar-refractivity contribution in [1.82, 2.24) is 0 Å². The molecule has 136 valence electrons. The number of ether oxygens (including phenoxy) is 1. The van der Waals surface area contributed by atoms with Gasteiger partial charge in [0.05, 0.1) is 22.5 Å². The minimum Gasteiger partial charge on any atom is -0.431 e. The van der Waals surface area contributed by atoms with Crippen LogP contribution >= 0.6 is 0 Å². The molecule has 0 bridgehead atoms. The molecule has 2 aromatic carbocycles. The van der Waals surface area contributed by atoms with Crippen molar-refractivity contribution in [3.8, 4) is 0 Å². The van der Waals surface area contributed by atoms with Gasteiger partial charge in [-0.2, -0.15) is 0 Å². The van der Waals surface area contributed by atoms with Gasteiger partial charge in [0, 0.05) is 0 Å². The SMILES string of the molecule is O=C(O/C=C\CCC/C=C/CS(=O)(=O)c1ccccc1)c1ccccc1. The molecular weight excluding hydrogens is 348 g/mol. The maximum absolute atomic E-state index is 12.1. The predicted molar refractivity (Wildman–Crippen MR) is 102 cm³/mol. The number of benzene rings is 2. The molecule has 0 amide bonds. The standard InChI is InChI=1S/C21H22O4S/c22-21(19-13-7-5-8-14-19)25-17-11-3-1-2-4-12-18-26(23,24)20-15-9-6-10-16-20/h4-17H,1-3,18H2/b12-4+,17-11-. The van der Waals surface area contributed by atoms with Gasteiger partial charge in [-0.3, -0.25) is 0 Å². The van der Waals surface area contributed by atoms with Crippen LogP contribution in [0.4, 0.5) is 0 Å². The molecule has 0 unspecified atom stereocenters. The van der Waals surface area contributed by atoms with E-state index in [0.29, 0.717) is 10.5 Å². The molecule has 0 saturated carbocycles. The van der Waals surface area contributed by atoms with Crippen molar-refractivity contribution in [3.63, 3.8) is 0 Å². The third-order valence-corrected chi connectivity index (χ3v) is 5.23. The van der Waals surface area contributed by atoms with E-state index in [4.69, 9.17) is 4.74 Å². The minimum atomic E-state index is -3.26. The molecule has 0 N–H and O–H groups in total. The van der Waals surface area contributed by atoms with E-state index in [-0.39, 0.29) is 11.7 Å². The molecule has 0 fully saturated rings. The fraction of sp³-hybridized carbons (Fsp3) is 0.190. The average Bonchev–Trinajstić information content (AvgIpc) is 2.68. The summed E-state index contributed by atoms with van der Waals surface area (Å²) in [6.45, 7) is 0. The molecule has 0 saturated heterocycles. The maximum Gasteiger partial charge on any atom is 0.342 e. The molecule has 2 aromatic rings. The molecule has 0 aliphatic heterocycles.